The molecule has 2 rings (SSSR count). The van der Waals surface area contributed by atoms with E-state index in [1.807, 2.05) is 12.3 Å². The molecule has 1 aromatic carbocycles. The Balaban J connectivity index is 1.98. The maximum Gasteiger partial charge on any atom is 0.193 e. The quantitative estimate of drug-likeness (QED) is 0.670. The molecular weight excluding hydrogens is 268 g/mol. The van der Waals surface area contributed by atoms with E-state index in [9.17, 15) is 0 Å². The second-order valence-electron chi connectivity index (χ2n) is 4.70. The topological polar surface area (TPSA) is 63.3 Å². The van der Waals surface area contributed by atoms with Gasteiger partial charge < -0.3 is 11.1 Å². The van der Waals surface area contributed by atoms with E-state index < -0.39 is 0 Å². The number of thiazole rings is 1. The lowest BCUT2D eigenvalue weighted by atomic mass is 10.1. The van der Waals surface area contributed by atoms with Gasteiger partial charge in [0.2, 0.25) is 0 Å². The number of aromatic nitrogens is 1. The number of nitrogens with one attached hydrogen (secondary N) is 1. The van der Waals surface area contributed by atoms with Crippen LogP contribution in [0.15, 0.2) is 29.4 Å². The minimum Gasteiger partial charge on any atom is -0.370 e. The molecule has 106 valence electrons. The Morgan fingerprint density at radius 2 is 2.15 bits per heavy atom. The monoisotopic (exact) mass is 288 g/mol. The molecule has 4 nitrogen and oxygen atoms in total. The van der Waals surface area contributed by atoms with Gasteiger partial charge in [0.25, 0.3) is 0 Å². The molecule has 0 aliphatic heterocycles. The van der Waals surface area contributed by atoms with E-state index in [2.05, 4.69) is 48.2 Å². The average Bonchev–Trinajstić information content (AvgIpc) is 2.89. The van der Waals surface area contributed by atoms with Gasteiger partial charge in [-0.1, -0.05) is 13.0 Å². The molecular formula is C15H20N4S. The van der Waals surface area contributed by atoms with Crippen molar-refractivity contribution in [1.29, 1.82) is 0 Å². The van der Waals surface area contributed by atoms with E-state index in [1.165, 1.54) is 16.0 Å². The van der Waals surface area contributed by atoms with Crippen molar-refractivity contribution in [3.05, 3.63) is 45.4 Å². The highest BCUT2D eigenvalue weighted by Crippen LogP contribution is 2.15. The molecule has 0 aliphatic rings. The molecule has 2 aromatic rings. The second-order valence-corrected chi connectivity index (χ2v) is 5.90. The molecule has 20 heavy (non-hydrogen) atoms. The smallest absolute Gasteiger partial charge is 0.193 e. The lowest BCUT2D eigenvalue weighted by molar-refractivity contribution is 1.03. The zero-order valence-electron chi connectivity index (χ0n) is 12.1. The van der Waals surface area contributed by atoms with Gasteiger partial charge in [-0.25, -0.2) is 9.98 Å². The maximum absolute atomic E-state index is 5.90. The zero-order valence-corrected chi connectivity index (χ0v) is 12.9. The first-order valence-electron chi connectivity index (χ1n) is 6.66. The number of anilines is 1. The van der Waals surface area contributed by atoms with Crippen LogP contribution in [0.1, 0.15) is 27.9 Å². The summed E-state index contributed by atoms with van der Waals surface area (Å²) in [5, 5.41) is 4.10. The van der Waals surface area contributed by atoms with Crippen LogP contribution in [0.4, 0.5) is 5.69 Å². The van der Waals surface area contributed by atoms with Crippen LogP contribution in [-0.4, -0.2) is 10.9 Å². The van der Waals surface area contributed by atoms with Crippen LogP contribution < -0.4 is 11.1 Å². The summed E-state index contributed by atoms with van der Waals surface area (Å²) < 4.78 is 0. The molecule has 0 radical (unpaired) electrons. The Labute approximate surface area is 123 Å². The second kappa shape index (κ2) is 6.52. The van der Waals surface area contributed by atoms with Crippen LogP contribution in [-0.2, 0) is 13.0 Å². The van der Waals surface area contributed by atoms with Crippen LogP contribution in [0.3, 0.4) is 0 Å². The summed E-state index contributed by atoms with van der Waals surface area (Å²) in [6.45, 7) is 6.81. The first-order valence-corrected chi connectivity index (χ1v) is 7.48. The molecule has 0 unspecified atom stereocenters. The van der Waals surface area contributed by atoms with Gasteiger partial charge in [-0.2, -0.15) is 0 Å². The minimum absolute atomic E-state index is 0.418. The Bertz CT molecular complexity index is 616. The van der Waals surface area contributed by atoms with E-state index in [0.717, 1.165) is 17.1 Å². The van der Waals surface area contributed by atoms with Crippen molar-refractivity contribution >= 4 is 23.0 Å². The maximum atomic E-state index is 5.90. The number of rotatable bonds is 4. The van der Waals surface area contributed by atoms with E-state index in [1.54, 1.807) is 11.3 Å². The highest BCUT2D eigenvalue weighted by Gasteiger charge is 2.01. The van der Waals surface area contributed by atoms with E-state index in [4.69, 9.17) is 5.73 Å². The van der Waals surface area contributed by atoms with Crippen molar-refractivity contribution in [2.75, 3.05) is 5.32 Å². The predicted octanol–water partition coefficient (Wildman–Crippen LogP) is 3.25. The molecule has 0 spiro atoms. The van der Waals surface area contributed by atoms with Crippen molar-refractivity contribution in [2.45, 2.75) is 33.7 Å². The Morgan fingerprint density at radius 1 is 1.35 bits per heavy atom. The van der Waals surface area contributed by atoms with Gasteiger partial charge in [0.1, 0.15) is 5.01 Å². The largest absolute Gasteiger partial charge is 0.370 e. The summed E-state index contributed by atoms with van der Waals surface area (Å²) in [4.78, 5) is 9.91. The molecule has 0 fully saturated rings. The lowest BCUT2D eigenvalue weighted by Gasteiger charge is -2.07. The summed E-state index contributed by atoms with van der Waals surface area (Å²) in [7, 11) is 0. The van der Waals surface area contributed by atoms with E-state index >= 15 is 0 Å². The van der Waals surface area contributed by atoms with Gasteiger partial charge in [0, 0.05) is 16.8 Å². The zero-order chi connectivity index (χ0) is 14.5. The van der Waals surface area contributed by atoms with E-state index in [-0.39, 0.29) is 0 Å². The number of nitrogens with two attached hydrogens (primary N) is 1. The van der Waals surface area contributed by atoms with Crippen molar-refractivity contribution in [2.24, 2.45) is 10.7 Å². The highest BCUT2D eigenvalue weighted by molar-refractivity contribution is 7.11. The molecule has 0 bridgehead atoms. The third-order valence-corrected chi connectivity index (χ3v) is 4.24. The van der Waals surface area contributed by atoms with Crippen LogP contribution in [0.25, 0.3) is 0 Å². The first kappa shape index (κ1) is 14.5. The summed E-state index contributed by atoms with van der Waals surface area (Å²) >= 11 is 1.68. The standard InChI is InChI=1S/C15H20N4S/c1-4-13-8-17-14(20-13)9-18-15(16)19-12-6-5-10(2)11(3)7-12/h5-8H,4,9H2,1-3H3,(H3,16,18,19). The van der Waals surface area contributed by atoms with Crippen molar-refractivity contribution in [3.8, 4) is 0 Å². The van der Waals surface area contributed by atoms with Gasteiger partial charge in [-0.3, -0.25) is 0 Å². The summed E-state index contributed by atoms with van der Waals surface area (Å²) in [6, 6.07) is 6.14. The Kier molecular flexibility index (Phi) is 4.74. The minimum atomic E-state index is 0.418. The number of aryl methyl sites for hydroxylation is 3. The fourth-order valence-corrected chi connectivity index (χ4v) is 2.53. The number of hydrogen-bond donors (Lipinski definition) is 2. The summed E-state index contributed by atoms with van der Waals surface area (Å²) in [5.41, 5.74) is 9.35. The first-order chi connectivity index (χ1) is 9.58. The summed E-state index contributed by atoms with van der Waals surface area (Å²) in [6.07, 6.45) is 2.92. The molecule has 0 aliphatic carbocycles. The molecule has 3 N–H and O–H groups in total. The van der Waals surface area contributed by atoms with Crippen molar-refractivity contribution in [3.63, 3.8) is 0 Å². The van der Waals surface area contributed by atoms with Crippen molar-refractivity contribution < 1.29 is 0 Å². The molecule has 0 saturated carbocycles. The molecule has 0 atom stereocenters. The van der Waals surface area contributed by atoms with Crippen LogP contribution >= 0.6 is 11.3 Å². The van der Waals surface area contributed by atoms with Crippen molar-refractivity contribution in [1.82, 2.24) is 4.98 Å². The molecule has 0 amide bonds. The highest BCUT2D eigenvalue weighted by atomic mass is 32.1. The van der Waals surface area contributed by atoms with Gasteiger partial charge in [-0.15, -0.1) is 11.3 Å². The number of aliphatic imine (C=N–C) groups is 1. The molecule has 1 heterocycles. The van der Waals surface area contributed by atoms with E-state index in [0.29, 0.717) is 12.5 Å². The normalized spacial score (nSPS) is 11.7. The SMILES string of the molecule is CCc1cnc(CN=C(N)Nc2ccc(C)c(C)c2)s1. The molecule has 5 heteroatoms. The number of benzene rings is 1. The number of guanidine groups is 1. The lowest BCUT2D eigenvalue weighted by Crippen LogP contribution is -2.22. The fraction of sp³-hybridized carbons (Fsp3) is 0.333. The average molecular weight is 288 g/mol. The Hall–Kier alpha value is -1.88. The van der Waals surface area contributed by atoms with Crippen LogP contribution in [0, 0.1) is 13.8 Å². The van der Waals surface area contributed by atoms with Gasteiger partial charge in [0.15, 0.2) is 5.96 Å². The third-order valence-electron chi connectivity index (χ3n) is 3.11. The van der Waals surface area contributed by atoms with Gasteiger partial charge in [-0.05, 0) is 43.5 Å². The van der Waals surface area contributed by atoms with Crippen LogP contribution in [0.2, 0.25) is 0 Å². The third kappa shape index (κ3) is 3.81. The molecule has 0 saturated heterocycles. The number of nitrogens with zero attached hydrogens (tertiary/aromatic N) is 2. The summed E-state index contributed by atoms with van der Waals surface area (Å²) in [5.74, 6) is 0.418. The predicted molar refractivity (Wildman–Crippen MR) is 86.4 cm³/mol. The Morgan fingerprint density at radius 3 is 2.80 bits per heavy atom. The van der Waals surface area contributed by atoms with Gasteiger partial charge >= 0.3 is 0 Å². The molecule has 1 aromatic heterocycles. The fourth-order valence-electron chi connectivity index (χ4n) is 1.74. The number of hydrogen-bond acceptors (Lipinski definition) is 3. The van der Waals surface area contributed by atoms with Crippen LogP contribution in [0.5, 0.6) is 0 Å². The van der Waals surface area contributed by atoms with Gasteiger partial charge in [0.05, 0.1) is 6.54 Å².